The molecule has 0 bridgehead atoms. The number of carbonyl (C=O) groups excluding carboxylic acids is 1. The Hall–Kier alpha value is -2.83. The van der Waals surface area contributed by atoms with Crippen molar-refractivity contribution >= 4 is 16.9 Å². The number of rotatable bonds is 3. The van der Waals surface area contributed by atoms with Gasteiger partial charge in [-0.3, -0.25) is 13.9 Å². The minimum atomic E-state index is -0.174. The first kappa shape index (κ1) is 15.7. The van der Waals surface area contributed by atoms with Gasteiger partial charge in [0, 0.05) is 32.3 Å². The second-order valence-corrected chi connectivity index (χ2v) is 6.67. The second kappa shape index (κ2) is 5.91. The zero-order chi connectivity index (χ0) is 17.6. The highest BCUT2D eigenvalue weighted by molar-refractivity contribution is 5.81. The molecular weight excluding hydrogens is 318 g/mol. The molecule has 1 aliphatic rings. The summed E-state index contributed by atoms with van der Waals surface area (Å²) in [5.74, 6) is 0.942. The fraction of sp³-hybridized carbons (Fsp3) is 0.389. The third kappa shape index (κ3) is 2.75. The SMILES string of the molecule is Cc1cn2c(n1)CC[C@H](NC(=O)Cn1c(=O)n(C)c3ccccc31)C2. The number of imidazole rings is 2. The van der Waals surface area contributed by atoms with Crippen molar-refractivity contribution < 1.29 is 4.79 Å². The van der Waals surface area contributed by atoms with Crippen LogP contribution in [0.2, 0.25) is 0 Å². The number of aromatic nitrogens is 4. The molecule has 2 aromatic heterocycles. The van der Waals surface area contributed by atoms with Crippen LogP contribution in [0.5, 0.6) is 0 Å². The molecule has 7 heteroatoms. The van der Waals surface area contributed by atoms with Crippen LogP contribution in [-0.4, -0.2) is 30.6 Å². The van der Waals surface area contributed by atoms with Crippen LogP contribution >= 0.6 is 0 Å². The van der Waals surface area contributed by atoms with E-state index in [4.69, 9.17) is 0 Å². The van der Waals surface area contributed by atoms with E-state index in [1.807, 2.05) is 37.4 Å². The molecule has 25 heavy (non-hydrogen) atoms. The van der Waals surface area contributed by atoms with Crippen LogP contribution in [0.4, 0.5) is 0 Å². The van der Waals surface area contributed by atoms with Gasteiger partial charge >= 0.3 is 5.69 Å². The zero-order valence-corrected chi connectivity index (χ0v) is 14.4. The number of benzene rings is 1. The Morgan fingerprint density at radius 3 is 2.88 bits per heavy atom. The number of hydrogen-bond donors (Lipinski definition) is 1. The first-order valence-corrected chi connectivity index (χ1v) is 8.49. The maximum absolute atomic E-state index is 12.5. The van der Waals surface area contributed by atoms with Gasteiger partial charge in [-0.2, -0.15) is 0 Å². The van der Waals surface area contributed by atoms with E-state index < -0.39 is 0 Å². The molecule has 0 radical (unpaired) electrons. The van der Waals surface area contributed by atoms with Gasteiger partial charge in [-0.1, -0.05) is 12.1 Å². The molecular formula is C18H21N5O2. The molecule has 1 aromatic carbocycles. The lowest BCUT2D eigenvalue weighted by Crippen LogP contribution is -2.43. The quantitative estimate of drug-likeness (QED) is 0.773. The summed E-state index contributed by atoms with van der Waals surface area (Å²) in [4.78, 5) is 29.4. The Kier molecular flexibility index (Phi) is 3.71. The van der Waals surface area contributed by atoms with Gasteiger partial charge in [-0.15, -0.1) is 0 Å². The molecule has 3 heterocycles. The van der Waals surface area contributed by atoms with Crippen LogP contribution in [-0.2, 0) is 31.4 Å². The van der Waals surface area contributed by atoms with Crippen LogP contribution in [0.25, 0.3) is 11.0 Å². The Bertz CT molecular complexity index is 1010. The molecule has 0 aliphatic carbocycles. The smallest absolute Gasteiger partial charge is 0.329 e. The third-order valence-corrected chi connectivity index (χ3v) is 4.83. The number of nitrogens with zero attached hydrogens (tertiary/aromatic N) is 4. The van der Waals surface area contributed by atoms with E-state index >= 15 is 0 Å². The summed E-state index contributed by atoms with van der Waals surface area (Å²) < 4.78 is 5.21. The largest absolute Gasteiger partial charge is 0.350 e. The summed E-state index contributed by atoms with van der Waals surface area (Å²) in [6.07, 6.45) is 3.74. The standard InChI is InChI=1S/C18H21N5O2/c1-12-9-22-10-13(7-8-16(22)19-12)20-17(24)11-23-15-6-4-3-5-14(15)21(2)18(23)25/h3-6,9,13H,7-8,10-11H2,1-2H3,(H,20,24)/t13-/m0/s1. The van der Waals surface area contributed by atoms with E-state index in [0.717, 1.165) is 41.9 Å². The number of amides is 1. The van der Waals surface area contributed by atoms with Crippen molar-refractivity contribution in [3.8, 4) is 0 Å². The topological polar surface area (TPSA) is 73.8 Å². The molecule has 1 amide bonds. The van der Waals surface area contributed by atoms with Gasteiger partial charge in [-0.05, 0) is 25.5 Å². The highest BCUT2D eigenvalue weighted by Crippen LogP contribution is 2.15. The molecule has 0 spiro atoms. The molecule has 1 atom stereocenters. The van der Waals surface area contributed by atoms with Crippen LogP contribution in [0, 0.1) is 6.92 Å². The maximum Gasteiger partial charge on any atom is 0.329 e. The minimum absolute atomic E-state index is 0.0342. The van der Waals surface area contributed by atoms with E-state index in [9.17, 15) is 9.59 Å². The van der Waals surface area contributed by atoms with Crippen molar-refractivity contribution in [2.45, 2.75) is 38.9 Å². The number of hydrogen-bond acceptors (Lipinski definition) is 3. The van der Waals surface area contributed by atoms with Crippen LogP contribution < -0.4 is 11.0 Å². The highest BCUT2D eigenvalue weighted by atomic mass is 16.2. The van der Waals surface area contributed by atoms with Crippen LogP contribution in [0.3, 0.4) is 0 Å². The molecule has 3 aromatic rings. The van der Waals surface area contributed by atoms with Gasteiger partial charge in [-0.25, -0.2) is 9.78 Å². The summed E-state index contributed by atoms with van der Waals surface area (Å²) in [5, 5.41) is 3.06. The Morgan fingerprint density at radius 2 is 2.08 bits per heavy atom. The fourth-order valence-electron chi connectivity index (χ4n) is 3.64. The zero-order valence-electron chi connectivity index (χ0n) is 14.4. The molecule has 0 saturated heterocycles. The first-order valence-electron chi connectivity index (χ1n) is 8.49. The molecule has 1 N–H and O–H groups in total. The normalized spacial score (nSPS) is 16.8. The van der Waals surface area contributed by atoms with Crippen molar-refractivity contribution in [2.24, 2.45) is 7.05 Å². The number of nitrogens with one attached hydrogen (secondary N) is 1. The summed E-state index contributed by atoms with van der Waals surface area (Å²) >= 11 is 0. The molecule has 0 saturated carbocycles. The predicted octanol–water partition coefficient (Wildman–Crippen LogP) is 0.976. The number of aryl methyl sites for hydroxylation is 3. The van der Waals surface area contributed by atoms with Crippen molar-refractivity contribution in [2.75, 3.05) is 0 Å². The molecule has 130 valence electrons. The molecule has 1 aliphatic heterocycles. The monoisotopic (exact) mass is 339 g/mol. The van der Waals surface area contributed by atoms with Gasteiger partial charge in [0.25, 0.3) is 0 Å². The van der Waals surface area contributed by atoms with E-state index in [0.29, 0.717) is 0 Å². The van der Waals surface area contributed by atoms with Crippen molar-refractivity contribution in [3.05, 3.63) is 52.5 Å². The Labute approximate surface area is 144 Å². The van der Waals surface area contributed by atoms with Gasteiger partial charge in [0.2, 0.25) is 5.91 Å². The number of fused-ring (bicyclic) bond motifs is 2. The average Bonchev–Trinajstić information content (AvgIpc) is 3.07. The molecule has 0 unspecified atom stereocenters. The van der Waals surface area contributed by atoms with Crippen LogP contribution in [0.15, 0.2) is 35.3 Å². The summed E-state index contributed by atoms with van der Waals surface area (Å²) in [5.41, 5.74) is 2.44. The summed E-state index contributed by atoms with van der Waals surface area (Å²) in [7, 11) is 1.73. The lowest BCUT2D eigenvalue weighted by atomic mass is 10.1. The van der Waals surface area contributed by atoms with E-state index in [1.165, 1.54) is 4.57 Å². The van der Waals surface area contributed by atoms with E-state index in [2.05, 4.69) is 14.9 Å². The van der Waals surface area contributed by atoms with Gasteiger partial charge < -0.3 is 9.88 Å². The van der Waals surface area contributed by atoms with E-state index in [1.54, 1.807) is 11.6 Å². The molecule has 7 nitrogen and oxygen atoms in total. The molecule has 0 fully saturated rings. The summed E-state index contributed by atoms with van der Waals surface area (Å²) in [6.45, 7) is 2.74. The highest BCUT2D eigenvalue weighted by Gasteiger charge is 2.22. The predicted molar refractivity (Wildman–Crippen MR) is 94.4 cm³/mol. The third-order valence-electron chi connectivity index (χ3n) is 4.83. The second-order valence-electron chi connectivity index (χ2n) is 6.67. The lowest BCUT2D eigenvalue weighted by molar-refractivity contribution is -0.122. The Balaban J connectivity index is 1.50. The van der Waals surface area contributed by atoms with Gasteiger partial charge in [0.15, 0.2) is 0 Å². The first-order chi connectivity index (χ1) is 12.0. The number of carbonyl (C=O) groups is 1. The molecule has 4 rings (SSSR count). The maximum atomic E-state index is 12.5. The number of para-hydroxylation sites is 2. The summed E-state index contributed by atoms with van der Waals surface area (Å²) in [6, 6.07) is 7.58. The fourth-order valence-corrected chi connectivity index (χ4v) is 3.64. The van der Waals surface area contributed by atoms with E-state index in [-0.39, 0.29) is 24.2 Å². The average molecular weight is 339 g/mol. The Morgan fingerprint density at radius 1 is 1.32 bits per heavy atom. The minimum Gasteiger partial charge on any atom is -0.350 e. The van der Waals surface area contributed by atoms with Gasteiger partial charge in [0.05, 0.1) is 16.7 Å². The van der Waals surface area contributed by atoms with Crippen LogP contribution in [0.1, 0.15) is 17.9 Å². The van der Waals surface area contributed by atoms with Crippen molar-refractivity contribution in [1.29, 1.82) is 0 Å². The van der Waals surface area contributed by atoms with Crippen molar-refractivity contribution in [3.63, 3.8) is 0 Å². The van der Waals surface area contributed by atoms with Crippen molar-refractivity contribution in [1.82, 2.24) is 24.0 Å². The van der Waals surface area contributed by atoms with Gasteiger partial charge in [0.1, 0.15) is 12.4 Å². The lowest BCUT2D eigenvalue weighted by Gasteiger charge is -2.24.